The first kappa shape index (κ1) is 28.0. The molecule has 6 rings (SSSR count). The fraction of sp³-hybridized carbons (Fsp3) is 0.333. The van der Waals surface area contributed by atoms with E-state index in [1.54, 1.807) is 24.8 Å². The van der Waals surface area contributed by atoms with Crippen molar-refractivity contribution in [3.05, 3.63) is 88.1 Å². The first-order chi connectivity index (χ1) is 20.4. The monoisotopic (exact) mass is 591 g/mol. The number of rotatable bonds is 8. The number of benzene rings is 1. The topological polar surface area (TPSA) is 108 Å². The Balaban J connectivity index is 1.29. The van der Waals surface area contributed by atoms with Crippen molar-refractivity contribution in [1.82, 2.24) is 19.9 Å². The summed E-state index contributed by atoms with van der Waals surface area (Å²) in [5, 5.41) is 16.9. The number of nitrogens with one attached hydrogen (secondary N) is 3. The van der Waals surface area contributed by atoms with Crippen LogP contribution in [0.3, 0.4) is 0 Å². The predicted octanol–water partition coefficient (Wildman–Crippen LogP) is 4.97. The van der Waals surface area contributed by atoms with Crippen LogP contribution in [-0.4, -0.2) is 58.9 Å². The summed E-state index contributed by atoms with van der Waals surface area (Å²) in [6.45, 7) is 5.51. The number of alkyl halides is 2. The highest BCUT2D eigenvalue weighted by molar-refractivity contribution is 7.13. The van der Waals surface area contributed by atoms with E-state index >= 15 is 0 Å². The second-order valence-electron chi connectivity index (χ2n) is 10.3. The molecule has 0 saturated carbocycles. The number of allylic oxidation sites excluding steroid dienone is 5. The molecule has 3 aliphatic rings. The van der Waals surface area contributed by atoms with Gasteiger partial charge < -0.3 is 19.5 Å². The number of fused-ring (bicyclic) bond motifs is 1. The number of imidazole rings is 1. The summed E-state index contributed by atoms with van der Waals surface area (Å²) in [6.07, 6.45) is 4.98. The van der Waals surface area contributed by atoms with Crippen LogP contribution in [0.5, 0.6) is 0 Å². The molecule has 2 aromatic heterocycles. The Morgan fingerprint density at radius 1 is 1.17 bits per heavy atom. The number of amides is 1. The highest BCUT2D eigenvalue weighted by atomic mass is 32.1. The molecule has 2 aliphatic heterocycles. The van der Waals surface area contributed by atoms with Crippen molar-refractivity contribution in [2.24, 2.45) is 0 Å². The molecule has 1 saturated heterocycles. The van der Waals surface area contributed by atoms with Gasteiger partial charge >= 0.3 is 0 Å². The highest BCUT2D eigenvalue weighted by Crippen LogP contribution is 2.36. The maximum Gasteiger partial charge on any atom is 0.264 e. The second kappa shape index (κ2) is 12.0. The van der Waals surface area contributed by atoms with E-state index in [2.05, 4.69) is 25.5 Å². The molecule has 9 nitrogen and oxygen atoms in total. The predicted molar refractivity (Wildman–Crippen MR) is 159 cm³/mol. The van der Waals surface area contributed by atoms with E-state index in [1.807, 2.05) is 28.8 Å². The van der Waals surface area contributed by atoms with Gasteiger partial charge in [0.1, 0.15) is 0 Å². The lowest BCUT2D eigenvalue weighted by Crippen LogP contribution is -2.36. The summed E-state index contributed by atoms with van der Waals surface area (Å²) in [7, 11) is 0. The molecule has 42 heavy (non-hydrogen) atoms. The number of hydrogen-bond donors (Lipinski definition) is 3. The Morgan fingerprint density at radius 2 is 1.95 bits per heavy atom. The first-order valence-corrected chi connectivity index (χ1v) is 14.7. The number of thiazole rings is 1. The largest absolute Gasteiger partial charge is 0.378 e. The number of hydrogen-bond acceptors (Lipinski definition) is 8. The SMILES string of the molecule is CC1=C(c2ccc(N3CCOCC3)cc2)C=C(C(F)F)/C(=C/NC(C(=O)Nc2nccs2)c2ncn3c2CCC3)C1=N. The van der Waals surface area contributed by atoms with Crippen LogP contribution < -0.4 is 15.5 Å². The molecule has 3 N–H and O–H groups in total. The van der Waals surface area contributed by atoms with Gasteiger partial charge in [-0.15, -0.1) is 11.3 Å². The van der Waals surface area contributed by atoms with Crippen molar-refractivity contribution in [1.29, 1.82) is 5.41 Å². The molecule has 3 aromatic rings. The van der Waals surface area contributed by atoms with Gasteiger partial charge in [0.25, 0.3) is 12.3 Å². The quantitative estimate of drug-likeness (QED) is 0.341. The first-order valence-electron chi connectivity index (χ1n) is 13.8. The van der Waals surface area contributed by atoms with Crippen molar-refractivity contribution in [2.45, 2.75) is 38.8 Å². The van der Waals surface area contributed by atoms with Crippen molar-refractivity contribution in [3.8, 4) is 0 Å². The standard InChI is InChI=1S/C30H31F2N7O2S/c1-18-21(19-4-6-20(7-5-19)38-10-12-41-13-11-38)15-22(28(31)32)23(25(18)33)16-35-27(29(40)37-30-34-8-14-42-30)26-24-3-2-9-39(24)17-36-26/h4-8,14-17,27-28,33,35H,2-3,9-13H2,1H3,(H,34,37,40)/b23-16-,33-25?. The van der Waals surface area contributed by atoms with Gasteiger partial charge in [0.2, 0.25) is 0 Å². The van der Waals surface area contributed by atoms with Gasteiger partial charge in [-0.25, -0.2) is 18.7 Å². The van der Waals surface area contributed by atoms with Crippen LogP contribution in [0.15, 0.2) is 71.2 Å². The van der Waals surface area contributed by atoms with Crippen molar-refractivity contribution >= 4 is 39.3 Å². The van der Waals surface area contributed by atoms with Gasteiger partial charge in [-0.1, -0.05) is 12.1 Å². The third-order valence-electron chi connectivity index (χ3n) is 7.83. The van der Waals surface area contributed by atoms with Gasteiger partial charge in [-0.05, 0) is 54.7 Å². The van der Waals surface area contributed by atoms with E-state index in [-0.39, 0.29) is 16.9 Å². The maximum atomic E-state index is 14.5. The van der Waals surface area contributed by atoms with Crippen LogP contribution in [0, 0.1) is 5.41 Å². The summed E-state index contributed by atoms with van der Waals surface area (Å²) < 4.78 is 36.4. The number of carbonyl (C=O) groups excluding carboxylic acids is 1. The van der Waals surface area contributed by atoms with Gasteiger partial charge in [-0.2, -0.15) is 0 Å². The van der Waals surface area contributed by atoms with E-state index in [0.717, 1.165) is 49.4 Å². The number of ether oxygens (including phenoxy) is 1. The number of carbonyl (C=O) groups is 1. The van der Waals surface area contributed by atoms with Gasteiger partial charge in [0.05, 0.1) is 30.9 Å². The number of aryl methyl sites for hydroxylation is 1. The fourth-order valence-corrected chi connectivity index (χ4v) is 6.12. The average Bonchev–Trinajstić information content (AvgIpc) is 3.76. The molecule has 218 valence electrons. The van der Waals surface area contributed by atoms with E-state index in [1.165, 1.54) is 23.6 Å². The molecule has 1 amide bonds. The van der Waals surface area contributed by atoms with Gasteiger partial charge in [-0.3, -0.25) is 15.5 Å². The zero-order chi connectivity index (χ0) is 29.2. The number of anilines is 2. The molecule has 0 spiro atoms. The third-order valence-corrected chi connectivity index (χ3v) is 8.52. The minimum atomic E-state index is -2.83. The lowest BCUT2D eigenvalue weighted by molar-refractivity contribution is -0.118. The second-order valence-corrected chi connectivity index (χ2v) is 11.2. The lowest BCUT2D eigenvalue weighted by Gasteiger charge is -2.29. The Labute approximate surface area is 246 Å². The normalized spacial score (nSPS) is 18.9. The van der Waals surface area contributed by atoms with E-state index in [4.69, 9.17) is 10.1 Å². The smallest absolute Gasteiger partial charge is 0.264 e. The van der Waals surface area contributed by atoms with Crippen LogP contribution in [-0.2, 0) is 22.5 Å². The van der Waals surface area contributed by atoms with Crippen LogP contribution in [0.4, 0.5) is 19.6 Å². The molecule has 1 unspecified atom stereocenters. The van der Waals surface area contributed by atoms with Gasteiger partial charge in [0.15, 0.2) is 11.2 Å². The van der Waals surface area contributed by atoms with Crippen LogP contribution in [0.25, 0.3) is 5.57 Å². The van der Waals surface area contributed by atoms with Crippen LogP contribution >= 0.6 is 11.3 Å². The van der Waals surface area contributed by atoms with Crippen LogP contribution in [0.1, 0.15) is 36.3 Å². The number of aromatic nitrogens is 3. The fourth-order valence-electron chi connectivity index (χ4n) is 5.59. The Bertz CT molecular complexity index is 1570. The summed E-state index contributed by atoms with van der Waals surface area (Å²) in [5.74, 6) is -0.409. The highest BCUT2D eigenvalue weighted by Gasteiger charge is 2.31. The molecule has 1 aromatic carbocycles. The molecular weight excluding hydrogens is 560 g/mol. The third kappa shape index (κ3) is 5.51. The molecule has 1 aliphatic carbocycles. The van der Waals surface area contributed by atoms with E-state index in [9.17, 15) is 13.6 Å². The molecule has 4 heterocycles. The van der Waals surface area contributed by atoms with Gasteiger partial charge in [0, 0.05) is 59.9 Å². The number of morpholine rings is 1. The zero-order valence-electron chi connectivity index (χ0n) is 23.1. The maximum absolute atomic E-state index is 14.5. The Morgan fingerprint density at radius 3 is 2.67 bits per heavy atom. The summed E-state index contributed by atoms with van der Waals surface area (Å²) >= 11 is 1.28. The molecule has 1 atom stereocenters. The lowest BCUT2D eigenvalue weighted by atomic mass is 9.84. The molecular formula is C30H31F2N7O2S. The number of nitrogens with zero attached hydrogens (tertiary/aromatic N) is 4. The Kier molecular flexibility index (Phi) is 7.98. The number of halogens is 2. The van der Waals surface area contributed by atoms with Crippen molar-refractivity contribution in [2.75, 3.05) is 36.5 Å². The molecule has 0 radical (unpaired) electrons. The Hall–Kier alpha value is -4.16. The van der Waals surface area contributed by atoms with Crippen molar-refractivity contribution in [3.63, 3.8) is 0 Å². The summed E-state index contributed by atoms with van der Waals surface area (Å²) in [5.41, 5.74) is 4.15. The zero-order valence-corrected chi connectivity index (χ0v) is 23.9. The summed E-state index contributed by atoms with van der Waals surface area (Å²) in [4.78, 5) is 24.2. The molecule has 1 fully saturated rings. The molecule has 0 bridgehead atoms. The molecule has 12 heteroatoms. The summed E-state index contributed by atoms with van der Waals surface area (Å²) in [6, 6.07) is 6.80. The van der Waals surface area contributed by atoms with Crippen molar-refractivity contribution < 1.29 is 18.3 Å². The van der Waals surface area contributed by atoms with Crippen LogP contribution in [0.2, 0.25) is 0 Å². The average molecular weight is 592 g/mol. The minimum Gasteiger partial charge on any atom is -0.378 e. The van der Waals surface area contributed by atoms with E-state index < -0.39 is 18.4 Å². The van der Waals surface area contributed by atoms with E-state index in [0.29, 0.717) is 35.2 Å². The minimum absolute atomic E-state index is 0.0262.